The number of piperazine rings is 1. The Morgan fingerprint density at radius 1 is 0.865 bits per heavy atom. The van der Waals surface area contributed by atoms with Crippen molar-refractivity contribution in [3.8, 4) is 0 Å². The highest BCUT2D eigenvalue weighted by Gasteiger charge is 2.31. The van der Waals surface area contributed by atoms with E-state index >= 15 is 0 Å². The molecule has 0 radical (unpaired) electrons. The molecule has 0 atom stereocenters. The average Bonchev–Trinajstić information content (AvgIpc) is 2.87. The highest BCUT2D eigenvalue weighted by molar-refractivity contribution is 7.89. The fraction of sp³-hybridized carbons (Fsp3) is 0.321. The Morgan fingerprint density at radius 2 is 1.46 bits per heavy atom. The molecule has 0 aromatic heterocycles. The molecule has 4 rings (SSSR count). The van der Waals surface area contributed by atoms with E-state index in [1.165, 1.54) is 21.1 Å². The van der Waals surface area contributed by atoms with E-state index in [0.29, 0.717) is 41.8 Å². The van der Waals surface area contributed by atoms with Crippen LogP contribution in [0.15, 0.2) is 65.6 Å². The molecule has 1 amide bonds. The van der Waals surface area contributed by atoms with Gasteiger partial charge in [-0.15, -0.1) is 0 Å². The summed E-state index contributed by atoms with van der Waals surface area (Å²) in [5.41, 5.74) is 5.04. The van der Waals surface area contributed by atoms with Crippen LogP contribution in [0.5, 0.6) is 0 Å². The van der Waals surface area contributed by atoms with Gasteiger partial charge in [-0.25, -0.2) is 8.42 Å². The van der Waals surface area contributed by atoms with Crippen LogP contribution >= 0.6 is 23.2 Å². The van der Waals surface area contributed by atoms with Gasteiger partial charge in [0, 0.05) is 54.0 Å². The topological polar surface area (TPSA) is 60.9 Å². The Bertz CT molecular complexity index is 1370. The second kappa shape index (κ2) is 11.4. The zero-order valence-corrected chi connectivity index (χ0v) is 23.6. The lowest BCUT2D eigenvalue weighted by Crippen LogP contribution is -2.52. The van der Waals surface area contributed by atoms with Gasteiger partial charge in [-0.2, -0.15) is 4.31 Å². The predicted molar refractivity (Wildman–Crippen MR) is 150 cm³/mol. The molecule has 196 valence electrons. The van der Waals surface area contributed by atoms with Gasteiger partial charge in [0.2, 0.25) is 15.9 Å². The predicted octanol–water partition coefficient (Wildman–Crippen LogP) is 5.46. The summed E-state index contributed by atoms with van der Waals surface area (Å²) in [5.74, 6) is -0.250. The molecule has 0 bridgehead atoms. The molecule has 0 aliphatic carbocycles. The van der Waals surface area contributed by atoms with Gasteiger partial charge < -0.3 is 9.80 Å². The average molecular weight is 561 g/mol. The van der Waals surface area contributed by atoms with E-state index in [1.54, 1.807) is 47.4 Å². The molecule has 0 spiro atoms. The number of hydrogen-bond acceptors (Lipinski definition) is 4. The first-order valence-corrected chi connectivity index (χ1v) is 14.4. The Labute approximate surface area is 229 Å². The summed E-state index contributed by atoms with van der Waals surface area (Å²) < 4.78 is 28.5. The minimum absolute atomic E-state index is 0.108. The fourth-order valence-corrected chi connectivity index (χ4v) is 6.35. The zero-order valence-electron chi connectivity index (χ0n) is 21.2. The molecule has 3 aromatic carbocycles. The van der Waals surface area contributed by atoms with E-state index in [9.17, 15) is 13.2 Å². The molecule has 1 fully saturated rings. The quantitative estimate of drug-likeness (QED) is 0.385. The second-order valence-corrected chi connectivity index (χ2v) is 12.1. The number of benzene rings is 3. The lowest BCUT2D eigenvalue weighted by atomic mass is 10.1. The number of nitrogens with zero attached hydrogens (tertiary/aromatic N) is 3. The first-order valence-electron chi connectivity index (χ1n) is 12.2. The largest absolute Gasteiger partial charge is 0.368 e. The van der Waals surface area contributed by atoms with Crippen molar-refractivity contribution in [2.45, 2.75) is 32.2 Å². The Balaban J connectivity index is 1.54. The molecule has 0 N–H and O–H groups in total. The molecule has 0 unspecified atom stereocenters. The van der Waals surface area contributed by atoms with E-state index in [4.69, 9.17) is 23.2 Å². The van der Waals surface area contributed by atoms with Crippen LogP contribution in [0.3, 0.4) is 0 Å². The number of sulfonamides is 1. The third-order valence-corrected chi connectivity index (χ3v) is 9.43. The van der Waals surface area contributed by atoms with Gasteiger partial charge in [-0.3, -0.25) is 4.79 Å². The monoisotopic (exact) mass is 559 g/mol. The Morgan fingerprint density at radius 3 is 2.08 bits per heavy atom. The third-order valence-electron chi connectivity index (χ3n) is 6.92. The molecular weight excluding hydrogens is 529 g/mol. The molecule has 1 saturated heterocycles. The van der Waals surface area contributed by atoms with Crippen molar-refractivity contribution in [3.63, 3.8) is 0 Å². The maximum absolute atomic E-state index is 13.7. The number of carbonyl (C=O) groups is 1. The van der Waals surface area contributed by atoms with E-state index in [-0.39, 0.29) is 23.9 Å². The van der Waals surface area contributed by atoms with E-state index in [2.05, 4.69) is 30.9 Å². The number of rotatable bonds is 7. The Hall–Kier alpha value is -2.58. The van der Waals surface area contributed by atoms with Crippen LogP contribution < -0.4 is 4.90 Å². The molecule has 6 nitrogen and oxygen atoms in total. The first kappa shape index (κ1) is 27.5. The van der Waals surface area contributed by atoms with Crippen LogP contribution in [-0.2, 0) is 21.4 Å². The highest BCUT2D eigenvalue weighted by atomic mass is 35.5. The van der Waals surface area contributed by atoms with Crippen LogP contribution in [0.2, 0.25) is 10.0 Å². The van der Waals surface area contributed by atoms with E-state index in [0.717, 1.165) is 5.56 Å². The van der Waals surface area contributed by atoms with Crippen molar-refractivity contribution in [1.82, 2.24) is 9.21 Å². The van der Waals surface area contributed by atoms with Crippen LogP contribution in [0, 0.1) is 20.8 Å². The summed E-state index contributed by atoms with van der Waals surface area (Å²) >= 11 is 12.7. The van der Waals surface area contributed by atoms with Crippen LogP contribution in [-0.4, -0.2) is 56.3 Å². The number of aryl methyl sites for hydroxylation is 2. The lowest BCUT2D eigenvalue weighted by molar-refractivity contribution is -0.131. The van der Waals surface area contributed by atoms with Crippen molar-refractivity contribution in [3.05, 3.63) is 93.0 Å². The van der Waals surface area contributed by atoms with Gasteiger partial charge in [0.25, 0.3) is 0 Å². The minimum atomic E-state index is -3.99. The van der Waals surface area contributed by atoms with Gasteiger partial charge in [0.1, 0.15) is 0 Å². The molecular formula is C28H31Cl2N3O3S. The van der Waals surface area contributed by atoms with E-state index in [1.807, 2.05) is 13.0 Å². The normalized spacial score (nSPS) is 14.3. The molecule has 0 saturated carbocycles. The van der Waals surface area contributed by atoms with Crippen molar-refractivity contribution in [1.29, 1.82) is 0 Å². The van der Waals surface area contributed by atoms with Crippen LogP contribution in [0.25, 0.3) is 0 Å². The van der Waals surface area contributed by atoms with Crippen LogP contribution in [0.1, 0.15) is 22.3 Å². The number of carbonyl (C=O) groups excluding carboxylic acids is 1. The lowest BCUT2D eigenvalue weighted by Gasteiger charge is -2.37. The van der Waals surface area contributed by atoms with Crippen LogP contribution in [0.4, 0.5) is 5.69 Å². The summed E-state index contributed by atoms with van der Waals surface area (Å²) in [6.07, 6.45) is 0. The molecule has 1 aliphatic rings. The number of amides is 1. The van der Waals surface area contributed by atoms with Crippen molar-refractivity contribution in [2.24, 2.45) is 0 Å². The van der Waals surface area contributed by atoms with E-state index < -0.39 is 10.0 Å². The van der Waals surface area contributed by atoms with Gasteiger partial charge in [0.15, 0.2) is 0 Å². The second-order valence-electron chi connectivity index (χ2n) is 9.37. The maximum Gasteiger partial charge on any atom is 0.243 e. The SMILES string of the molecule is Cc1ccc(S(=O)(=O)N(CC(=O)N2CCN(c3cccc(C)c3C)CC2)Cc2c(Cl)cccc2Cl)cc1. The Kier molecular flexibility index (Phi) is 8.49. The third kappa shape index (κ3) is 6.12. The molecule has 1 heterocycles. The minimum Gasteiger partial charge on any atom is -0.368 e. The summed E-state index contributed by atoms with van der Waals surface area (Å²) in [6, 6.07) is 17.8. The van der Waals surface area contributed by atoms with Crippen molar-refractivity contribution in [2.75, 3.05) is 37.6 Å². The van der Waals surface area contributed by atoms with Gasteiger partial charge in [-0.05, 0) is 62.2 Å². The smallest absolute Gasteiger partial charge is 0.243 e. The first-order chi connectivity index (χ1) is 17.6. The summed E-state index contributed by atoms with van der Waals surface area (Å²) in [5, 5.41) is 0.706. The van der Waals surface area contributed by atoms with Gasteiger partial charge in [0.05, 0.1) is 11.4 Å². The molecule has 9 heteroatoms. The van der Waals surface area contributed by atoms with Crippen molar-refractivity contribution < 1.29 is 13.2 Å². The summed E-state index contributed by atoms with van der Waals surface area (Å²) in [7, 11) is -3.99. The number of halogens is 2. The summed E-state index contributed by atoms with van der Waals surface area (Å²) in [6.45, 7) is 8.05. The number of hydrogen-bond donors (Lipinski definition) is 0. The van der Waals surface area contributed by atoms with Crippen molar-refractivity contribution >= 4 is 44.8 Å². The molecule has 3 aromatic rings. The number of anilines is 1. The van der Waals surface area contributed by atoms with Gasteiger partial charge >= 0.3 is 0 Å². The zero-order chi connectivity index (χ0) is 26.7. The van der Waals surface area contributed by atoms with Gasteiger partial charge in [-0.1, -0.05) is 59.1 Å². The molecule has 37 heavy (non-hydrogen) atoms. The summed E-state index contributed by atoms with van der Waals surface area (Å²) in [4.78, 5) is 17.5. The maximum atomic E-state index is 13.7. The highest BCUT2D eigenvalue weighted by Crippen LogP contribution is 2.29. The standard InChI is InChI=1S/C28H31Cl2N3O3S/c1-20-10-12-23(13-11-20)37(35,36)33(18-24-25(29)7-5-8-26(24)30)19-28(34)32-16-14-31(15-17-32)27-9-4-6-21(2)22(27)3/h4-13H,14-19H2,1-3H3. The fourth-order valence-electron chi connectivity index (χ4n) is 4.47. The molecule has 1 aliphatic heterocycles.